The number of carboxylic acid groups (broad SMARTS) is 1. The summed E-state index contributed by atoms with van der Waals surface area (Å²) in [6.45, 7) is 2.63. The van der Waals surface area contributed by atoms with Gasteiger partial charge in [0.25, 0.3) is 0 Å². The first kappa shape index (κ1) is 20.4. The summed E-state index contributed by atoms with van der Waals surface area (Å²) >= 11 is 0. The van der Waals surface area contributed by atoms with E-state index in [9.17, 15) is 18.0 Å². The van der Waals surface area contributed by atoms with Gasteiger partial charge in [-0.2, -0.15) is 0 Å². The van der Waals surface area contributed by atoms with Crippen LogP contribution in [0.5, 0.6) is 0 Å². The van der Waals surface area contributed by atoms with Crippen molar-refractivity contribution < 1.29 is 23.1 Å². The van der Waals surface area contributed by atoms with Crippen LogP contribution in [-0.2, 0) is 25.4 Å². The molecule has 0 radical (unpaired) electrons. The Hall–Kier alpha value is -1.93. The molecule has 0 saturated carbocycles. The van der Waals surface area contributed by atoms with Gasteiger partial charge >= 0.3 is 5.97 Å². The Kier molecular flexibility index (Phi) is 7.16. The van der Waals surface area contributed by atoms with Gasteiger partial charge in [-0.1, -0.05) is 37.3 Å². The molecule has 26 heavy (non-hydrogen) atoms. The molecule has 1 aliphatic rings. The molecule has 144 valence electrons. The molecule has 0 spiro atoms. The topological polar surface area (TPSA) is 104 Å². The number of aliphatic carboxylic acids is 1. The maximum absolute atomic E-state index is 12.6. The Bertz CT molecular complexity index is 720. The van der Waals surface area contributed by atoms with E-state index in [2.05, 4.69) is 5.32 Å². The highest BCUT2D eigenvalue weighted by atomic mass is 32.2. The molecule has 0 aromatic heterocycles. The molecule has 2 unspecified atom stereocenters. The second-order valence-corrected chi connectivity index (χ2v) is 8.86. The van der Waals surface area contributed by atoms with E-state index < -0.39 is 21.9 Å². The zero-order valence-electron chi connectivity index (χ0n) is 14.9. The lowest BCUT2D eigenvalue weighted by Gasteiger charge is -2.31. The zero-order valence-corrected chi connectivity index (χ0v) is 15.7. The molecule has 2 atom stereocenters. The average molecular weight is 382 g/mol. The van der Waals surface area contributed by atoms with Gasteiger partial charge in [0.05, 0.1) is 11.7 Å². The molecule has 1 fully saturated rings. The van der Waals surface area contributed by atoms with Crippen molar-refractivity contribution in [2.24, 2.45) is 11.8 Å². The van der Waals surface area contributed by atoms with E-state index in [0.29, 0.717) is 19.4 Å². The fraction of sp³-hybridized carbons (Fsp3) is 0.556. The van der Waals surface area contributed by atoms with Crippen molar-refractivity contribution >= 4 is 21.9 Å². The Balaban J connectivity index is 1.91. The third kappa shape index (κ3) is 6.10. The maximum Gasteiger partial charge on any atom is 0.303 e. The summed E-state index contributed by atoms with van der Waals surface area (Å²) < 4.78 is 26.7. The Morgan fingerprint density at radius 2 is 2.00 bits per heavy atom. The number of nitrogens with zero attached hydrogens (tertiary/aromatic N) is 1. The minimum atomic E-state index is -3.47. The van der Waals surface area contributed by atoms with Gasteiger partial charge < -0.3 is 10.4 Å². The van der Waals surface area contributed by atoms with Crippen molar-refractivity contribution in [2.75, 3.05) is 19.6 Å². The average Bonchev–Trinajstić information content (AvgIpc) is 2.60. The summed E-state index contributed by atoms with van der Waals surface area (Å²) in [5.41, 5.74) is 0.724. The molecule has 2 N–H and O–H groups in total. The summed E-state index contributed by atoms with van der Waals surface area (Å²) in [6.07, 6.45) is 1.26. The number of sulfonamides is 1. The van der Waals surface area contributed by atoms with Crippen molar-refractivity contribution in [2.45, 2.75) is 31.9 Å². The summed E-state index contributed by atoms with van der Waals surface area (Å²) in [5.74, 6) is -1.74. The third-order valence-corrected chi connectivity index (χ3v) is 6.30. The molecule has 1 aromatic rings. The number of hydrogen-bond acceptors (Lipinski definition) is 4. The van der Waals surface area contributed by atoms with Gasteiger partial charge in [0, 0.05) is 26.1 Å². The molecule has 0 aliphatic carbocycles. The summed E-state index contributed by atoms with van der Waals surface area (Å²) in [7, 11) is -3.47. The highest BCUT2D eigenvalue weighted by molar-refractivity contribution is 7.88. The molecule has 1 aromatic carbocycles. The van der Waals surface area contributed by atoms with Gasteiger partial charge in [-0.3, -0.25) is 9.59 Å². The minimum absolute atomic E-state index is 0.0114. The molecule has 1 heterocycles. The van der Waals surface area contributed by atoms with Gasteiger partial charge in [0.1, 0.15) is 0 Å². The van der Waals surface area contributed by atoms with Crippen LogP contribution in [0.15, 0.2) is 30.3 Å². The normalized spacial score (nSPS) is 19.7. The molecule has 2 rings (SSSR count). The number of benzene rings is 1. The molecule has 1 saturated heterocycles. The SMILES string of the molecule is CC(CNC(=O)C1CCCN(S(=O)(=O)Cc2ccccc2)C1)CC(=O)O. The second kappa shape index (κ2) is 9.14. The van der Waals surface area contributed by atoms with E-state index in [1.54, 1.807) is 31.2 Å². The van der Waals surface area contributed by atoms with Crippen molar-refractivity contribution in [1.29, 1.82) is 0 Å². The van der Waals surface area contributed by atoms with Crippen LogP contribution in [0.3, 0.4) is 0 Å². The van der Waals surface area contributed by atoms with Crippen LogP contribution < -0.4 is 5.32 Å². The Morgan fingerprint density at radius 1 is 1.31 bits per heavy atom. The number of hydrogen-bond donors (Lipinski definition) is 2. The van der Waals surface area contributed by atoms with Crippen molar-refractivity contribution in [3.05, 3.63) is 35.9 Å². The van der Waals surface area contributed by atoms with Crippen LogP contribution in [0, 0.1) is 11.8 Å². The number of piperidine rings is 1. The molecule has 7 nitrogen and oxygen atoms in total. The fourth-order valence-electron chi connectivity index (χ4n) is 3.07. The van der Waals surface area contributed by atoms with Gasteiger partial charge in [-0.05, 0) is 24.3 Å². The molecule has 1 aliphatic heterocycles. The molecule has 1 amide bonds. The molecular weight excluding hydrogens is 356 g/mol. The highest BCUT2D eigenvalue weighted by Crippen LogP contribution is 2.21. The first-order valence-electron chi connectivity index (χ1n) is 8.79. The van der Waals surface area contributed by atoms with Gasteiger partial charge in [-0.25, -0.2) is 12.7 Å². The van der Waals surface area contributed by atoms with Crippen LogP contribution in [-0.4, -0.2) is 49.3 Å². The quantitative estimate of drug-likeness (QED) is 0.708. The van der Waals surface area contributed by atoms with Crippen LogP contribution >= 0.6 is 0 Å². The fourth-order valence-corrected chi connectivity index (χ4v) is 4.69. The van der Waals surface area contributed by atoms with Crippen LogP contribution in [0.1, 0.15) is 31.7 Å². The van der Waals surface area contributed by atoms with E-state index in [1.165, 1.54) is 4.31 Å². The summed E-state index contributed by atoms with van der Waals surface area (Å²) in [4.78, 5) is 23.0. The maximum atomic E-state index is 12.6. The van der Waals surface area contributed by atoms with Crippen LogP contribution in [0.25, 0.3) is 0 Å². The standard InChI is InChI=1S/C18H26N2O5S/c1-14(10-17(21)22)11-19-18(23)16-8-5-9-20(12-16)26(24,25)13-15-6-3-2-4-7-15/h2-4,6-7,14,16H,5,8-13H2,1H3,(H,19,23)(H,21,22). The lowest BCUT2D eigenvalue weighted by Crippen LogP contribution is -2.46. The van der Waals surface area contributed by atoms with Gasteiger partial charge in [-0.15, -0.1) is 0 Å². The first-order valence-corrected chi connectivity index (χ1v) is 10.4. The Labute approximate surface area is 154 Å². The van der Waals surface area contributed by atoms with E-state index in [4.69, 9.17) is 5.11 Å². The van der Waals surface area contributed by atoms with Crippen molar-refractivity contribution in [1.82, 2.24) is 9.62 Å². The number of carbonyl (C=O) groups is 2. The number of rotatable bonds is 8. The second-order valence-electron chi connectivity index (χ2n) is 6.89. The predicted molar refractivity (Wildman–Crippen MR) is 97.8 cm³/mol. The number of carboxylic acids is 1. The van der Waals surface area contributed by atoms with E-state index >= 15 is 0 Å². The smallest absolute Gasteiger partial charge is 0.303 e. The lowest BCUT2D eigenvalue weighted by molar-refractivity contribution is -0.138. The predicted octanol–water partition coefficient (Wildman–Crippen LogP) is 1.46. The monoisotopic (exact) mass is 382 g/mol. The number of amides is 1. The summed E-state index contributed by atoms with van der Waals surface area (Å²) in [6, 6.07) is 8.99. The number of carbonyl (C=O) groups excluding carboxylic acids is 1. The zero-order chi connectivity index (χ0) is 19.2. The molecule has 8 heteroatoms. The van der Waals surface area contributed by atoms with Gasteiger partial charge in [0.2, 0.25) is 15.9 Å². The van der Waals surface area contributed by atoms with E-state index in [0.717, 1.165) is 5.56 Å². The van der Waals surface area contributed by atoms with Crippen molar-refractivity contribution in [3.63, 3.8) is 0 Å². The van der Waals surface area contributed by atoms with Crippen LogP contribution in [0.4, 0.5) is 0 Å². The van der Waals surface area contributed by atoms with E-state index in [-0.39, 0.29) is 37.1 Å². The van der Waals surface area contributed by atoms with Crippen molar-refractivity contribution in [3.8, 4) is 0 Å². The molecule has 0 bridgehead atoms. The highest BCUT2D eigenvalue weighted by Gasteiger charge is 2.32. The van der Waals surface area contributed by atoms with Crippen LogP contribution in [0.2, 0.25) is 0 Å². The largest absolute Gasteiger partial charge is 0.481 e. The number of nitrogens with one attached hydrogen (secondary N) is 1. The lowest BCUT2D eigenvalue weighted by atomic mass is 9.98. The molecular formula is C18H26N2O5S. The van der Waals surface area contributed by atoms with Gasteiger partial charge in [0.15, 0.2) is 0 Å². The van der Waals surface area contributed by atoms with E-state index in [1.807, 2.05) is 6.07 Å². The minimum Gasteiger partial charge on any atom is -0.481 e. The Morgan fingerprint density at radius 3 is 2.65 bits per heavy atom. The first-order chi connectivity index (χ1) is 12.3. The third-order valence-electron chi connectivity index (χ3n) is 4.49. The summed E-state index contributed by atoms with van der Waals surface area (Å²) in [5, 5.41) is 11.5.